The van der Waals surface area contributed by atoms with E-state index in [1.54, 1.807) is 28.8 Å². The summed E-state index contributed by atoms with van der Waals surface area (Å²) in [5.74, 6) is 0.927. The SMILES string of the molecule is Cc1ccc2cccc(S(=O)(=O)NCCOc3ccc4nnc(-c5ccccc5)n4n3)c2n1. The first-order chi connectivity index (χ1) is 16.0. The fourth-order valence-corrected chi connectivity index (χ4v) is 4.64. The lowest BCUT2D eigenvalue weighted by molar-refractivity contribution is 0.306. The molecule has 0 bridgehead atoms. The van der Waals surface area contributed by atoms with E-state index in [-0.39, 0.29) is 18.0 Å². The molecule has 5 aromatic rings. The van der Waals surface area contributed by atoms with Crippen LogP contribution in [0.5, 0.6) is 5.88 Å². The van der Waals surface area contributed by atoms with Crippen molar-refractivity contribution < 1.29 is 13.2 Å². The molecule has 9 nitrogen and oxygen atoms in total. The summed E-state index contributed by atoms with van der Waals surface area (Å²) >= 11 is 0. The molecule has 0 saturated heterocycles. The van der Waals surface area contributed by atoms with Crippen molar-refractivity contribution in [1.82, 2.24) is 29.5 Å². The Hall–Kier alpha value is -3.89. The molecule has 0 fully saturated rings. The van der Waals surface area contributed by atoms with Crippen LogP contribution in [0.1, 0.15) is 5.69 Å². The van der Waals surface area contributed by atoms with Crippen molar-refractivity contribution in [3.63, 3.8) is 0 Å². The Morgan fingerprint density at radius 3 is 2.64 bits per heavy atom. The van der Waals surface area contributed by atoms with Gasteiger partial charge in [0.1, 0.15) is 11.5 Å². The summed E-state index contributed by atoms with van der Waals surface area (Å²) in [6, 6.07) is 21.8. The average molecular weight is 461 g/mol. The molecule has 10 heteroatoms. The smallest absolute Gasteiger partial charge is 0.242 e. The van der Waals surface area contributed by atoms with E-state index in [0.717, 1.165) is 16.6 Å². The van der Waals surface area contributed by atoms with E-state index < -0.39 is 10.0 Å². The first-order valence-corrected chi connectivity index (χ1v) is 11.8. The van der Waals surface area contributed by atoms with E-state index in [2.05, 4.69) is 25.0 Å². The quantitative estimate of drug-likeness (QED) is 0.372. The first kappa shape index (κ1) is 21.0. The summed E-state index contributed by atoms with van der Waals surface area (Å²) in [5.41, 5.74) is 2.65. The number of pyridine rings is 1. The van der Waals surface area contributed by atoms with Crippen LogP contribution < -0.4 is 9.46 Å². The monoisotopic (exact) mass is 460 g/mol. The van der Waals surface area contributed by atoms with Crippen LogP contribution in [0.25, 0.3) is 27.9 Å². The summed E-state index contributed by atoms with van der Waals surface area (Å²) in [6.45, 7) is 1.99. The Morgan fingerprint density at radius 1 is 0.939 bits per heavy atom. The minimum absolute atomic E-state index is 0.0674. The number of hydrogen-bond acceptors (Lipinski definition) is 7. The number of rotatable bonds is 7. The maximum Gasteiger partial charge on any atom is 0.242 e. The highest BCUT2D eigenvalue weighted by Crippen LogP contribution is 2.22. The van der Waals surface area contributed by atoms with Crippen LogP contribution in [0.15, 0.2) is 77.7 Å². The van der Waals surface area contributed by atoms with Crippen LogP contribution in [0.3, 0.4) is 0 Å². The van der Waals surface area contributed by atoms with Gasteiger partial charge in [-0.1, -0.05) is 48.5 Å². The lowest BCUT2D eigenvalue weighted by Crippen LogP contribution is -2.28. The molecule has 0 radical (unpaired) electrons. The molecule has 0 amide bonds. The highest BCUT2D eigenvalue weighted by Gasteiger charge is 2.18. The van der Waals surface area contributed by atoms with Crippen molar-refractivity contribution in [3.8, 4) is 17.3 Å². The summed E-state index contributed by atoms with van der Waals surface area (Å²) in [4.78, 5) is 4.54. The van der Waals surface area contributed by atoms with Crippen molar-refractivity contribution in [2.75, 3.05) is 13.2 Å². The zero-order valence-electron chi connectivity index (χ0n) is 17.7. The Morgan fingerprint density at radius 2 is 1.79 bits per heavy atom. The van der Waals surface area contributed by atoms with Gasteiger partial charge >= 0.3 is 0 Å². The molecule has 0 saturated carbocycles. The van der Waals surface area contributed by atoms with Crippen LogP contribution in [0, 0.1) is 6.92 Å². The van der Waals surface area contributed by atoms with Gasteiger partial charge < -0.3 is 4.74 Å². The molecular weight excluding hydrogens is 440 g/mol. The second kappa shape index (κ2) is 8.57. The molecule has 3 heterocycles. The molecule has 1 N–H and O–H groups in total. The molecule has 2 aromatic carbocycles. The number of nitrogens with one attached hydrogen (secondary N) is 1. The number of aromatic nitrogens is 5. The number of nitrogens with zero attached hydrogens (tertiary/aromatic N) is 5. The van der Waals surface area contributed by atoms with Crippen LogP contribution in [-0.4, -0.2) is 46.4 Å². The second-order valence-corrected chi connectivity index (χ2v) is 9.09. The Labute approximate surface area is 190 Å². The normalized spacial score (nSPS) is 11.8. The van der Waals surface area contributed by atoms with E-state index >= 15 is 0 Å². The van der Waals surface area contributed by atoms with E-state index in [1.807, 2.05) is 55.5 Å². The predicted molar refractivity (Wildman–Crippen MR) is 123 cm³/mol. The third-order valence-electron chi connectivity index (χ3n) is 5.03. The largest absolute Gasteiger partial charge is 0.475 e. The van der Waals surface area contributed by atoms with Crippen molar-refractivity contribution in [2.24, 2.45) is 0 Å². The first-order valence-electron chi connectivity index (χ1n) is 10.3. The molecule has 0 aliphatic heterocycles. The van der Waals surface area contributed by atoms with Gasteiger partial charge in [-0.15, -0.1) is 15.3 Å². The van der Waals surface area contributed by atoms with Crippen molar-refractivity contribution in [3.05, 3.63) is 78.5 Å². The fraction of sp³-hybridized carbons (Fsp3) is 0.130. The lowest BCUT2D eigenvalue weighted by atomic mass is 10.2. The molecule has 0 aliphatic rings. The number of sulfonamides is 1. The highest BCUT2D eigenvalue weighted by atomic mass is 32.2. The summed E-state index contributed by atoms with van der Waals surface area (Å²) in [5, 5.41) is 13.5. The lowest BCUT2D eigenvalue weighted by Gasteiger charge is -2.10. The van der Waals surface area contributed by atoms with Gasteiger partial charge in [0.15, 0.2) is 11.5 Å². The summed E-state index contributed by atoms with van der Waals surface area (Å²) in [7, 11) is -3.76. The molecule has 0 atom stereocenters. The molecule has 3 aromatic heterocycles. The van der Waals surface area contributed by atoms with E-state index in [0.29, 0.717) is 22.9 Å². The summed E-state index contributed by atoms with van der Waals surface area (Å²) in [6.07, 6.45) is 0. The van der Waals surface area contributed by atoms with E-state index in [4.69, 9.17) is 4.74 Å². The fourth-order valence-electron chi connectivity index (χ4n) is 3.46. The summed E-state index contributed by atoms with van der Waals surface area (Å²) < 4.78 is 35.6. The number of hydrogen-bond donors (Lipinski definition) is 1. The van der Waals surface area contributed by atoms with Gasteiger partial charge in [0.25, 0.3) is 0 Å². The van der Waals surface area contributed by atoms with Gasteiger partial charge in [0.05, 0.1) is 5.52 Å². The minimum atomic E-state index is -3.76. The maximum atomic E-state index is 12.9. The number of para-hydroxylation sites is 1. The zero-order valence-corrected chi connectivity index (χ0v) is 18.5. The predicted octanol–water partition coefficient (Wildman–Crippen LogP) is 3.01. The van der Waals surface area contributed by atoms with Crippen LogP contribution in [0.4, 0.5) is 0 Å². The second-order valence-electron chi connectivity index (χ2n) is 7.36. The van der Waals surface area contributed by atoms with Gasteiger partial charge in [-0.2, -0.15) is 4.52 Å². The van der Waals surface area contributed by atoms with E-state index in [1.165, 1.54) is 0 Å². The van der Waals surface area contributed by atoms with Gasteiger partial charge in [0, 0.05) is 29.3 Å². The van der Waals surface area contributed by atoms with Crippen LogP contribution >= 0.6 is 0 Å². The Balaban J connectivity index is 1.29. The number of ether oxygens (including phenoxy) is 1. The van der Waals surface area contributed by atoms with Gasteiger partial charge in [-0.05, 0) is 25.1 Å². The standard InChI is InChI=1S/C23H20N6O3S/c1-16-10-11-17-8-5-9-19(22(17)25-16)33(30,31)24-14-15-32-21-13-12-20-26-27-23(29(20)28-21)18-6-3-2-4-7-18/h2-13,24H,14-15H2,1H3. The van der Waals surface area contributed by atoms with Crippen molar-refractivity contribution in [2.45, 2.75) is 11.8 Å². The average Bonchev–Trinajstić information content (AvgIpc) is 3.25. The molecular formula is C23H20N6O3S. The zero-order chi connectivity index (χ0) is 22.8. The van der Waals surface area contributed by atoms with Gasteiger partial charge in [-0.25, -0.2) is 13.1 Å². The number of aryl methyl sites for hydroxylation is 1. The molecule has 33 heavy (non-hydrogen) atoms. The third-order valence-corrected chi connectivity index (χ3v) is 6.52. The topological polar surface area (TPSA) is 111 Å². The highest BCUT2D eigenvalue weighted by molar-refractivity contribution is 7.89. The number of benzene rings is 2. The molecule has 0 aliphatic carbocycles. The number of fused-ring (bicyclic) bond motifs is 2. The Kier molecular flexibility index (Phi) is 5.45. The molecule has 5 rings (SSSR count). The third kappa shape index (κ3) is 4.26. The minimum Gasteiger partial charge on any atom is -0.475 e. The van der Waals surface area contributed by atoms with Crippen molar-refractivity contribution in [1.29, 1.82) is 0 Å². The van der Waals surface area contributed by atoms with Gasteiger partial charge in [0.2, 0.25) is 15.9 Å². The molecule has 0 unspecified atom stereocenters. The van der Waals surface area contributed by atoms with Gasteiger partial charge in [-0.3, -0.25) is 4.98 Å². The Bertz CT molecular complexity index is 1550. The van der Waals surface area contributed by atoms with Crippen LogP contribution in [0.2, 0.25) is 0 Å². The maximum absolute atomic E-state index is 12.9. The van der Waals surface area contributed by atoms with Crippen LogP contribution in [-0.2, 0) is 10.0 Å². The molecule has 166 valence electrons. The van der Waals surface area contributed by atoms with E-state index in [9.17, 15) is 8.42 Å². The molecule has 0 spiro atoms. The van der Waals surface area contributed by atoms with Crippen molar-refractivity contribution >= 4 is 26.6 Å².